The van der Waals surface area contributed by atoms with E-state index in [0.717, 1.165) is 23.1 Å². The molecule has 0 bridgehead atoms. The van der Waals surface area contributed by atoms with Gasteiger partial charge in [0.05, 0.1) is 24.4 Å². The second kappa shape index (κ2) is 7.67. The van der Waals surface area contributed by atoms with Gasteiger partial charge in [0, 0.05) is 36.6 Å². The largest absolute Gasteiger partial charge is 0.481 e. The summed E-state index contributed by atoms with van der Waals surface area (Å²) in [6, 6.07) is 11.7. The molecule has 4 aromatic rings. The van der Waals surface area contributed by atoms with Crippen LogP contribution in [0.3, 0.4) is 0 Å². The Morgan fingerprint density at radius 3 is 2.84 bits per heavy atom. The molecule has 0 saturated carbocycles. The zero-order chi connectivity index (χ0) is 21.5. The van der Waals surface area contributed by atoms with Crippen molar-refractivity contribution in [3.05, 3.63) is 76.8 Å². The lowest BCUT2D eigenvalue weighted by atomic mass is 9.87. The molecule has 1 aromatic carbocycles. The van der Waals surface area contributed by atoms with Gasteiger partial charge in [0.25, 0.3) is 5.91 Å². The fourth-order valence-corrected chi connectivity index (χ4v) is 4.32. The number of fused-ring (bicyclic) bond motifs is 2. The summed E-state index contributed by atoms with van der Waals surface area (Å²) in [5, 5.41) is 4.85. The molecule has 0 fully saturated rings. The molecule has 156 valence electrons. The van der Waals surface area contributed by atoms with Crippen LogP contribution in [0.15, 0.2) is 55.0 Å². The van der Waals surface area contributed by atoms with Crippen molar-refractivity contribution >= 4 is 23.2 Å². The number of amides is 1. The minimum Gasteiger partial charge on any atom is -0.481 e. The van der Waals surface area contributed by atoms with E-state index in [2.05, 4.69) is 34.1 Å². The summed E-state index contributed by atoms with van der Waals surface area (Å²) in [7, 11) is 1.60. The Bertz CT molecular complexity index is 1290. The SMILES string of the molecule is COc1ccc(-c2cccc3c2CCN(C(=O)c2cc4ncc(Cl)cn4n2)C3C)cn1. The van der Waals surface area contributed by atoms with Gasteiger partial charge >= 0.3 is 0 Å². The fraction of sp³-hybridized carbons (Fsp3) is 0.217. The number of nitrogens with zero attached hydrogens (tertiary/aromatic N) is 5. The number of pyridine rings is 1. The summed E-state index contributed by atoms with van der Waals surface area (Å²) in [6.07, 6.45) is 5.77. The van der Waals surface area contributed by atoms with Crippen molar-refractivity contribution in [1.29, 1.82) is 0 Å². The van der Waals surface area contributed by atoms with E-state index in [1.54, 1.807) is 25.6 Å². The third-order valence-electron chi connectivity index (χ3n) is 5.75. The first kappa shape index (κ1) is 19.5. The number of aromatic nitrogens is 4. The molecule has 8 heteroatoms. The molecule has 0 N–H and O–H groups in total. The van der Waals surface area contributed by atoms with E-state index in [9.17, 15) is 4.79 Å². The maximum absolute atomic E-state index is 13.3. The summed E-state index contributed by atoms with van der Waals surface area (Å²) in [4.78, 5) is 23.7. The highest BCUT2D eigenvalue weighted by molar-refractivity contribution is 6.30. The molecule has 7 nitrogen and oxygen atoms in total. The number of benzene rings is 1. The molecule has 1 aliphatic rings. The maximum atomic E-state index is 13.3. The van der Waals surface area contributed by atoms with E-state index in [0.29, 0.717) is 28.8 Å². The number of carbonyl (C=O) groups excluding carboxylic acids is 1. The lowest BCUT2D eigenvalue weighted by Gasteiger charge is -2.36. The van der Waals surface area contributed by atoms with Gasteiger partial charge < -0.3 is 9.64 Å². The topological polar surface area (TPSA) is 72.6 Å². The second-order valence-corrected chi connectivity index (χ2v) is 7.93. The van der Waals surface area contributed by atoms with Crippen LogP contribution >= 0.6 is 11.6 Å². The predicted molar refractivity (Wildman–Crippen MR) is 117 cm³/mol. The van der Waals surface area contributed by atoms with E-state index < -0.39 is 0 Å². The van der Waals surface area contributed by atoms with Gasteiger partial charge in [-0.05, 0) is 36.1 Å². The van der Waals surface area contributed by atoms with Gasteiger partial charge in [-0.15, -0.1) is 0 Å². The third kappa shape index (κ3) is 3.41. The molecule has 0 saturated heterocycles. The van der Waals surface area contributed by atoms with Crippen LogP contribution in [-0.4, -0.2) is 44.0 Å². The van der Waals surface area contributed by atoms with E-state index >= 15 is 0 Å². The first-order valence-corrected chi connectivity index (χ1v) is 10.4. The van der Waals surface area contributed by atoms with Gasteiger partial charge in [0.15, 0.2) is 11.3 Å². The summed E-state index contributed by atoms with van der Waals surface area (Å²) in [5.41, 5.74) is 5.51. The number of ether oxygens (including phenoxy) is 1. The quantitative estimate of drug-likeness (QED) is 0.484. The number of methoxy groups -OCH3 is 1. The normalized spacial score (nSPS) is 15.7. The van der Waals surface area contributed by atoms with Crippen molar-refractivity contribution < 1.29 is 9.53 Å². The highest BCUT2D eigenvalue weighted by atomic mass is 35.5. The molecule has 1 amide bonds. The molecule has 0 radical (unpaired) electrons. The summed E-state index contributed by atoms with van der Waals surface area (Å²) >= 11 is 5.99. The van der Waals surface area contributed by atoms with Gasteiger partial charge in [0.2, 0.25) is 5.88 Å². The molecule has 0 spiro atoms. The molecule has 31 heavy (non-hydrogen) atoms. The second-order valence-electron chi connectivity index (χ2n) is 7.49. The Labute approximate surface area is 184 Å². The maximum Gasteiger partial charge on any atom is 0.274 e. The van der Waals surface area contributed by atoms with Crippen LogP contribution in [0.25, 0.3) is 16.8 Å². The van der Waals surface area contributed by atoms with Crippen molar-refractivity contribution in [2.75, 3.05) is 13.7 Å². The Morgan fingerprint density at radius 2 is 2.06 bits per heavy atom. The number of rotatable bonds is 3. The molecule has 5 rings (SSSR count). The summed E-state index contributed by atoms with van der Waals surface area (Å²) in [6.45, 7) is 2.66. The zero-order valence-electron chi connectivity index (χ0n) is 17.1. The standard InChI is InChI=1S/C23H20ClN5O2/c1-14-17-4-3-5-18(15-6-7-22(31-2)26-11-15)19(17)8-9-28(14)23(30)20-10-21-25-12-16(24)13-29(21)27-20/h3-7,10-14H,8-9H2,1-2H3. The molecule has 0 aliphatic carbocycles. The van der Waals surface area contributed by atoms with Crippen LogP contribution in [0.4, 0.5) is 0 Å². The van der Waals surface area contributed by atoms with Crippen molar-refractivity contribution in [3.8, 4) is 17.0 Å². The molecule has 1 aliphatic heterocycles. The first-order valence-electron chi connectivity index (χ1n) is 9.99. The van der Waals surface area contributed by atoms with Gasteiger partial charge in [-0.1, -0.05) is 29.8 Å². The number of carbonyl (C=O) groups is 1. The van der Waals surface area contributed by atoms with Crippen LogP contribution < -0.4 is 4.74 Å². The van der Waals surface area contributed by atoms with Crippen molar-refractivity contribution in [2.24, 2.45) is 0 Å². The fourth-order valence-electron chi connectivity index (χ4n) is 4.18. The van der Waals surface area contributed by atoms with Gasteiger partial charge in [0.1, 0.15) is 0 Å². The Kier molecular flexibility index (Phi) is 4.82. The highest BCUT2D eigenvalue weighted by Crippen LogP contribution is 2.36. The monoisotopic (exact) mass is 433 g/mol. The third-order valence-corrected chi connectivity index (χ3v) is 5.95. The molecule has 1 atom stereocenters. The molecule has 1 unspecified atom stereocenters. The summed E-state index contributed by atoms with van der Waals surface area (Å²) in [5.74, 6) is 0.471. The van der Waals surface area contributed by atoms with Crippen LogP contribution in [0.1, 0.15) is 34.6 Å². The van der Waals surface area contributed by atoms with Crippen LogP contribution in [0.5, 0.6) is 5.88 Å². The van der Waals surface area contributed by atoms with Crippen molar-refractivity contribution in [2.45, 2.75) is 19.4 Å². The van der Waals surface area contributed by atoms with E-state index in [4.69, 9.17) is 16.3 Å². The Balaban J connectivity index is 1.47. The zero-order valence-corrected chi connectivity index (χ0v) is 17.9. The predicted octanol–water partition coefficient (Wildman–Crippen LogP) is 4.21. The van der Waals surface area contributed by atoms with Crippen LogP contribution in [-0.2, 0) is 6.42 Å². The van der Waals surface area contributed by atoms with Gasteiger partial charge in [-0.25, -0.2) is 14.5 Å². The number of hydrogen-bond donors (Lipinski definition) is 0. The van der Waals surface area contributed by atoms with E-state index in [1.165, 1.54) is 10.1 Å². The Hall–Kier alpha value is -3.45. The lowest BCUT2D eigenvalue weighted by molar-refractivity contribution is 0.0671. The Morgan fingerprint density at radius 1 is 1.19 bits per heavy atom. The lowest BCUT2D eigenvalue weighted by Crippen LogP contribution is -2.39. The molecular weight excluding hydrogens is 414 g/mol. The molecule has 4 heterocycles. The van der Waals surface area contributed by atoms with Gasteiger partial charge in [-0.2, -0.15) is 5.10 Å². The minimum atomic E-state index is -0.115. The van der Waals surface area contributed by atoms with E-state index in [-0.39, 0.29) is 11.9 Å². The molecular formula is C23H20ClN5O2. The number of halogens is 1. The smallest absolute Gasteiger partial charge is 0.274 e. The van der Waals surface area contributed by atoms with Crippen LogP contribution in [0.2, 0.25) is 5.02 Å². The van der Waals surface area contributed by atoms with E-state index in [1.807, 2.05) is 29.3 Å². The number of hydrogen-bond acceptors (Lipinski definition) is 5. The van der Waals surface area contributed by atoms with Gasteiger partial charge in [-0.3, -0.25) is 4.79 Å². The van der Waals surface area contributed by atoms with Crippen molar-refractivity contribution in [1.82, 2.24) is 24.5 Å². The van der Waals surface area contributed by atoms with Crippen LogP contribution in [0, 0.1) is 0 Å². The highest BCUT2D eigenvalue weighted by Gasteiger charge is 2.31. The first-order chi connectivity index (χ1) is 15.0. The average Bonchev–Trinajstić information content (AvgIpc) is 3.22. The average molecular weight is 434 g/mol. The summed E-state index contributed by atoms with van der Waals surface area (Å²) < 4.78 is 6.71. The van der Waals surface area contributed by atoms with Crippen molar-refractivity contribution in [3.63, 3.8) is 0 Å². The molecule has 3 aromatic heterocycles. The minimum absolute atomic E-state index is 0.0798.